The van der Waals surface area contributed by atoms with Gasteiger partial charge in [0.15, 0.2) is 5.34 Å². The zero-order valence-electron chi connectivity index (χ0n) is 6.51. The third kappa shape index (κ3) is 2.96. The Morgan fingerprint density at radius 1 is 1.33 bits per heavy atom. The minimum Gasteiger partial charge on any atom is -0.332 e. The predicted molar refractivity (Wildman–Crippen MR) is 46.2 cm³/mol. The highest BCUT2D eigenvalue weighted by molar-refractivity contribution is 5.16. The highest BCUT2D eigenvalue weighted by Gasteiger charge is 1.84. The monoisotopic (exact) mass is 163 g/mol. The molecule has 12 heavy (non-hydrogen) atoms. The lowest BCUT2D eigenvalue weighted by molar-refractivity contribution is 0.261. The van der Waals surface area contributed by atoms with Gasteiger partial charge in [0.1, 0.15) is 6.26 Å². The van der Waals surface area contributed by atoms with Crippen LogP contribution in [-0.4, -0.2) is 0 Å². The molecule has 0 aliphatic rings. The second-order valence-electron chi connectivity index (χ2n) is 2.24. The fraction of sp³-hybridized carbons (Fsp3) is 0.111. The molecule has 0 spiro atoms. The van der Waals surface area contributed by atoms with E-state index < -0.39 is 0 Å². The van der Waals surface area contributed by atoms with Gasteiger partial charge in [-0.25, -0.2) is 0 Å². The molecule has 0 atom stereocenters. The normalized spacial score (nSPS) is 10.0. The lowest BCUT2D eigenvalue weighted by atomic mass is 10.2. The highest BCUT2D eigenvalue weighted by Crippen LogP contribution is 1.99. The second-order valence-corrected chi connectivity index (χ2v) is 2.24. The van der Waals surface area contributed by atoms with E-state index in [9.17, 15) is 4.91 Å². The van der Waals surface area contributed by atoms with Crippen molar-refractivity contribution in [1.29, 1.82) is 0 Å². The second kappa shape index (κ2) is 5.07. The van der Waals surface area contributed by atoms with Gasteiger partial charge in [-0.2, -0.15) is 0 Å². The third-order valence-electron chi connectivity index (χ3n) is 1.40. The van der Waals surface area contributed by atoms with E-state index in [0.29, 0.717) is 0 Å². The van der Waals surface area contributed by atoms with Gasteiger partial charge < -0.3 is 4.84 Å². The number of benzene rings is 1. The molecule has 1 aromatic carbocycles. The van der Waals surface area contributed by atoms with Gasteiger partial charge >= 0.3 is 0 Å². The molecule has 0 aliphatic heterocycles. The Bertz CT molecular complexity index is 256. The molecule has 0 unspecified atom stereocenters. The smallest absolute Gasteiger partial charge is 0.160 e. The van der Waals surface area contributed by atoms with E-state index in [1.54, 1.807) is 6.08 Å². The summed E-state index contributed by atoms with van der Waals surface area (Å²) in [7, 11) is 0. The van der Waals surface area contributed by atoms with E-state index in [1.165, 1.54) is 11.8 Å². The minimum absolute atomic E-state index is 0.746. The van der Waals surface area contributed by atoms with Crippen molar-refractivity contribution in [2.24, 2.45) is 5.34 Å². The summed E-state index contributed by atoms with van der Waals surface area (Å²) in [6.07, 6.45) is 3.76. The van der Waals surface area contributed by atoms with Crippen molar-refractivity contribution in [2.45, 2.75) is 6.42 Å². The van der Waals surface area contributed by atoms with Crippen molar-refractivity contribution in [1.82, 2.24) is 0 Å². The van der Waals surface area contributed by atoms with Crippen LogP contribution in [0, 0.1) is 4.91 Å². The zero-order chi connectivity index (χ0) is 8.65. The summed E-state index contributed by atoms with van der Waals surface area (Å²) in [6, 6.07) is 9.87. The molecule has 0 aliphatic carbocycles. The average molecular weight is 163 g/mol. The quantitative estimate of drug-likeness (QED) is 0.388. The van der Waals surface area contributed by atoms with Crippen LogP contribution in [0.15, 0.2) is 48.0 Å². The number of allylic oxidation sites excluding steroid dienone is 1. The molecule has 0 heterocycles. The van der Waals surface area contributed by atoms with Crippen LogP contribution in [0.1, 0.15) is 5.56 Å². The van der Waals surface area contributed by atoms with E-state index in [2.05, 4.69) is 10.2 Å². The summed E-state index contributed by atoms with van der Waals surface area (Å²) in [5.41, 5.74) is 1.17. The van der Waals surface area contributed by atoms with Crippen LogP contribution in [0.4, 0.5) is 0 Å². The van der Waals surface area contributed by atoms with Crippen LogP contribution in [0.2, 0.25) is 0 Å². The standard InChI is InChI=1S/C9H9NO2/c11-10-12-8-4-7-9-5-2-1-3-6-9/h1-6,8H,7H2/b8-4+. The average Bonchev–Trinajstić information content (AvgIpc) is 2.14. The first-order chi connectivity index (χ1) is 5.93. The van der Waals surface area contributed by atoms with Crippen LogP contribution in [0.5, 0.6) is 0 Å². The summed E-state index contributed by atoms with van der Waals surface area (Å²) in [5.74, 6) is 0. The van der Waals surface area contributed by atoms with Crippen LogP contribution in [0.25, 0.3) is 0 Å². The Morgan fingerprint density at radius 2 is 2.08 bits per heavy atom. The molecule has 0 amide bonds. The Kier molecular flexibility index (Phi) is 3.57. The summed E-state index contributed by atoms with van der Waals surface area (Å²) >= 11 is 0. The van der Waals surface area contributed by atoms with E-state index in [0.717, 1.165) is 6.42 Å². The Labute approximate surface area is 70.6 Å². The summed E-state index contributed by atoms with van der Waals surface area (Å²) in [6.45, 7) is 0. The lowest BCUT2D eigenvalue weighted by Gasteiger charge is -1.92. The van der Waals surface area contributed by atoms with Crippen LogP contribution in [0.3, 0.4) is 0 Å². The molecule has 0 saturated heterocycles. The van der Waals surface area contributed by atoms with Gasteiger partial charge in [0.25, 0.3) is 0 Å². The summed E-state index contributed by atoms with van der Waals surface area (Å²) in [5, 5.41) is 2.23. The molecule has 0 bridgehead atoms. The van der Waals surface area contributed by atoms with Crippen LogP contribution >= 0.6 is 0 Å². The van der Waals surface area contributed by atoms with Crippen molar-refractivity contribution in [2.75, 3.05) is 0 Å². The SMILES string of the molecule is O=NO/C=C/Cc1ccccc1. The largest absolute Gasteiger partial charge is 0.332 e. The number of hydrogen-bond acceptors (Lipinski definition) is 3. The van der Waals surface area contributed by atoms with E-state index in [4.69, 9.17) is 0 Å². The third-order valence-corrected chi connectivity index (χ3v) is 1.40. The molecule has 0 aromatic heterocycles. The lowest BCUT2D eigenvalue weighted by Crippen LogP contribution is -1.78. The van der Waals surface area contributed by atoms with Gasteiger partial charge in [0.05, 0.1) is 0 Å². The van der Waals surface area contributed by atoms with Gasteiger partial charge in [-0.3, -0.25) is 0 Å². The number of nitrogens with zero attached hydrogens (tertiary/aromatic N) is 1. The molecular formula is C9H9NO2. The molecule has 1 rings (SSSR count). The van der Waals surface area contributed by atoms with Gasteiger partial charge in [-0.05, 0) is 18.1 Å². The van der Waals surface area contributed by atoms with E-state index in [1.807, 2.05) is 30.3 Å². The van der Waals surface area contributed by atoms with Crippen molar-refractivity contribution >= 4 is 0 Å². The predicted octanol–water partition coefficient (Wildman–Crippen LogP) is 2.44. The van der Waals surface area contributed by atoms with E-state index >= 15 is 0 Å². The molecule has 1 aromatic rings. The molecule has 3 heteroatoms. The topological polar surface area (TPSA) is 38.7 Å². The van der Waals surface area contributed by atoms with Gasteiger partial charge in [-0.15, -0.1) is 4.91 Å². The molecule has 3 nitrogen and oxygen atoms in total. The number of rotatable bonds is 4. The Morgan fingerprint density at radius 3 is 2.75 bits per heavy atom. The Hall–Kier alpha value is -1.64. The molecule has 62 valence electrons. The van der Waals surface area contributed by atoms with Gasteiger partial charge in [0.2, 0.25) is 0 Å². The maximum absolute atomic E-state index is 9.49. The van der Waals surface area contributed by atoms with Gasteiger partial charge in [0, 0.05) is 0 Å². The molecule has 0 saturated carbocycles. The fourth-order valence-electron chi connectivity index (χ4n) is 0.866. The first-order valence-corrected chi connectivity index (χ1v) is 3.61. The first-order valence-electron chi connectivity index (χ1n) is 3.61. The van der Waals surface area contributed by atoms with Crippen molar-refractivity contribution in [3.05, 3.63) is 53.1 Å². The molecule has 0 radical (unpaired) electrons. The van der Waals surface area contributed by atoms with Crippen molar-refractivity contribution in [3.63, 3.8) is 0 Å². The maximum atomic E-state index is 9.49. The maximum Gasteiger partial charge on any atom is 0.160 e. The fourth-order valence-corrected chi connectivity index (χ4v) is 0.866. The first kappa shape index (κ1) is 8.46. The molecule has 0 N–H and O–H groups in total. The van der Waals surface area contributed by atoms with Crippen LogP contribution < -0.4 is 0 Å². The van der Waals surface area contributed by atoms with E-state index in [-0.39, 0.29) is 0 Å². The number of hydrogen-bond donors (Lipinski definition) is 0. The molecule has 0 fully saturated rings. The molecular weight excluding hydrogens is 154 g/mol. The highest BCUT2D eigenvalue weighted by atomic mass is 16.7. The summed E-state index contributed by atoms with van der Waals surface area (Å²) in [4.78, 5) is 13.6. The summed E-state index contributed by atoms with van der Waals surface area (Å²) < 4.78 is 0. The zero-order valence-corrected chi connectivity index (χ0v) is 6.51. The van der Waals surface area contributed by atoms with Gasteiger partial charge in [-0.1, -0.05) is 30.3 Å². The van der Waals surface area contributed by atoms with Crippen molar-refractivity contribution in [3.8, 4) is 0 Å². The van der Waals surface area contributed by atoms with Crippen molar-refractivity contribution < 1.29 is 4.84 Å². The Balaban J connectivity index is 2.38. The minimum atomic E-state index is 0.746. The van der Waals surface area contributed by atoms with Crippen LogP contribution in [-0.2, 0) is 11.3 Å².